The Morgan fingerprint density at radius 2 is 0.539 bits per heavy atom. The van der Waals surface area contributed by atoms with Gasteiger partial charge in [-0.25, -0.2) is 89.3 Å². The predicted octanol–water partition coefficient (Wildman–Crippen LogP) is 15.9. The van der Waals surface area contributed by atoms with Crippen LogP contribution in [-0.2, 0) is 99.8 Å². The Morgan fingerprint density at radius 1 is 0.312 bits per heavy atom. The molecule has 0 amide bonds. The Balaban J connectivity index is 1.12. The van der Waals surface area contributed by atoms with Gasteiger partial charge in [-0.05, 0) is 48.6 Å². The molecule has 5 aromatic heterocycles. The van der Waals surface area contributed by atoms with Gasteiger partial charge in [0.25, 0.3) is 0 Å². The van der Waals surface area contributed by atoms with E-state index in [0.717, 1.165) is 67.5 Å². The van der Waals surface area contributed by atoms with Gasteiger partial charge >= 0.3 is 47.8 Å². The number of rotatable bonds is 22. The molecule has 128 heavy (non-hydrogen) atoms. The van der Waals surface area contributed by atoms with Crippen LogP contribution < -0.4 is 9.13 Å². The van der Waals surface area contributed by atoms with E-state index in [0.29, 0.717) is 36.4 Å². The van der Waals surface area contributed by atoms with E-state index in [9.17, 15) is 38.4 Å². The smallest absolute Gasteiger partial charge is 0.303 e. The van der Waals surface area contributed by atoms with Crippen LogP contribution in [0.2, 0.25) is 0 Å². The summed E-state index contributed by atoms with van der Waals surface area (Å²) in [7, 11) is 3.10. The van der Waals surface area contributed by atoms with Gasteiger partial charge in [-0.3, -0.25) is 38.4 Å². The molecule has 9 heterocycles. The van der Waals surface area contributed by atoms with Crippen LogP contribution in [0.15, 0.2) is 103 Å². The average molecular weight is 1880 g/mol. The highest BCUT2D eigenvalue weighted by atomic mass is 32.2. The summed E-state index contributed by atoms with van der Waals surface area (Å²) in [5, 5.41) is 0. The fraction of sp³-hybridized carbons (Fsp3) is 0.262. The molecule has 24 nitrogen and oxygen atoms in total. The molecule has 2 fully saturated rings. The summed E-state index contributed by atoms with van der Waals surface area (Å²) in [4.78, 5) is 108. The van der Waals surface area contributed by atoms with Crippen molar-refractivity contribution in [3.8, 4) is 44.5 Å². The number of carbonyl (C=O) groups is 8. The molecule has 44 heteroatoms. The first kappa shape index (κ1) is 93.4. The maximum absolute atomic E-state index is 18.2. The first-order valence-electron chi connectivity index (χ1n) is 37.4. The van der Waals surface area contributed by atoms with Crippen LogP contribution in [0, 0.1) is 93.1 Å². The lowest BCUT2D eigenvalue weighted by Crippen LogP contribution is -2.61. The van der Waals surface area contributed by atoms with Gasteiger partial charge in [0.15, 0.2) is 154 Å². The third-order valence-electron chi connectivity index (χ3n) is 19.3. The van der Waals surface area contributed by atoms with Gasteiger partial charge in [-0.2, -0.15) is 0 Å². The van der Waals surface area contributed by atoms with Gasteiger partial charge in [-0.1, -0.05) is 47.0 Å². The van der Waals surface area contributed by atoms with E-state index in [2.05, 4.69) is 19.9 Å². The van der Waals surface area contributed by atoms with Crippen LogP contribution in [0.3, 0.4) is 0 Å². The van der Waals surface area contributed by atoms with E-state index < -0.39 is 323 Å². The molecule has 4 aromatic carbocycles. The molecule has 9 aromatic rings. The monoisotopic (exact) mass is 1870 g/mol. The summed E-state index contributed by atoms with van der Waals surface area (Å²) >= 11 is -0.315. The van der Waals surface area contributed by atoms with Crippen LogP contribution in [0.25, 0.3) is 90.9 Å². The average Bonchev–Trinajstić information content (AvgIpc) is 1.55. The first-order chi connectivity index (χ1) is 60.5. The molecule has 0 radical (unpaired) electrons. The number of benzene rings is 4. The van der Waals surface area contributed by atoms with Gasteiger partial charge in [-0.15, -0.1) is 0 Å². The number of hydrogen-bond acceptors (Lipinski definition) is 24. The molecular weight excluding hydrogens is 1810 g/mol. The Kier molecular flexibility index (Phi) is 27.7. The number of carbonyl (C=O) groups excluding carboxylic acids is 8. The molecule has 4 aliphatic rings. The number of esters is 8. The number of fused-ring (bicyclic) bond motifs is 8. The number of nitrogens with one attached hydrogen (secondary N) is 2. The summed E-state index contributed by atoms with van der Waals surface area (Å²) in [6.07, 6.45) is -7.65. The van der Waals surface area contributed by atoms with Crippen molar-refractivity contribution in [1.29, 1.82) is 0 Å². The van der Waals surface area contributed by atoms with Crippen LogP contribution in [0.4, 0.5) is 70.2 Å². The second kappa shape index (κ2) is 38.0. The zero-order valence-corrected chi connectivity index (χ0v) is 70.5. The molecule has 13 rings (SSSR count). The lowest BCUT2D eigenvalue weighted by molar-refractivity contribution is -0.671. The summed E-state index contributed by atoms with van der Waals surface area (Å²) in [5.41, 5.74) is -24.6. The van der Waals surface area contributed by atoms with Crippen LogP contribution in [0.5, 0.6) is 0 Å². The maximum Gasteiger partial charge on any atom is 0.303 e. The minimum Gasteiger partial charge on any atom is -0.463 e. The summed E-state index contributed by atoms with van der Waals surface area (Å²) in [6, 6.07) is 8.00. The lowest BCUT2D eigenvalue weighted by Gasteiger charge is -2.44. The number of ether oxygens (including phenoxy) is 10. The fourth-order valence-electron chi connectivity index (χ4n) is 14.1. The van der Waals surface area contributed by atoms with Gasteiger partial charge in [0.05, 0.1) is 64.6 Å². The second-order valence-corrected chi connectivity index (χ2v) is 32.7. The molecule has 2 N–H and O–H groups in total. The zero-order chi connectivity index (χ0) is 92.9. The number of nitrogens with zero attached hydrogens (tertiary/aromatic N) is 4. The Hall–Kier alpha value is -12.3. The van der Waals surface area contributed by atoms with E-state index in [1.54, 1.807) is 14.1 Å². The van der Waals surface area contributed by atoms with Crippen molar-refractivity contribution in [3.05, 3.63) is 189 Å². The van der Waals surface area contributed by atoms with E-state index in [-0.39, 0.29) is 56.8 Å². The largest absolute Gasteiger partial charge is 0.463 e. The Labute approximate surface area is 728 Å². The lowest BCUT2D eigenvalue weighted by atomic mass is 9.99. The highest BCUT2D eigenvalue weighted by molar-refractivity contribution is 8.00. The molecule has 0 unspecified atom stereocenters. The van der Waals surface area contributed by atoms with Crippen LogP contribution >= 0.6 is 47.0 Å². The van der Waals surface area contributed by atoms with E-state index in [1.165, 1.54) is 58.2 Å². The van der Waals surface area contributed by atoms with Crippen molar-refractivity contribution < 1.29 is 165 Å². The molecule has 2 saturated heterocycles. The predicted molar refractivity (Wildman–Crippen MR) is 419 cm³/mol. The van der Waals surface area contributed by atoms with Gasteiger partial charge in [0, 0.05) is 134 Å². The molecule has 0 aliphatic carbocycles. The van der Waals surface area contributed by atoms with E-state index in [1.807, 2.05) is 0 Å². The number of H-pyrrole nitrogens is 2. The molecule has 8 bridgehead atoms. The minimum atomic E-state index is -2.46. The molecule has 670 valence electrons. The topological polar surface area (TPSA) is 294 Å². The Bertz CT molecular complexity index is 5890. The first-order valence-corrected chi connectivity index (χ1v) is 40.7. The molecular formula is C84H62F16N6O18S4+2. The van der Waals surface area contributed by atoms with E-state index in [4.69, 9.17) is 47.4 Å². The number of thioether (sulfide) groups is 2. The highest BCUT2D eigenvalue weighted by Crippen LogP contribution is 2.51. The second-order valence-electron chi connectivity index (χ2n) is 28.3. The van der Waals surface area contributed by atoms with Gasteiger partial charge in [0.1, 0.15) is 50.4 Å². The number of aromatic nitrogens is 6. The number of hydrogen-bond donors (Lipinski definition) is 2. The van der Waals surface area contributed by atoms with Crippen molar-refractivity contribution in [2.45, 2.75) is 144 Å². The van der Waals surface area contributed by atoms with Crippen LogP contribution in [0.1, 0.15) is 78.2 Å². The number of aryl methyl sites for hydroxylation is 2. The van der Waals surface area contributed by atoms with Crippen molar-refractivity contribution in [2.24, 2.45) is 14.1 Å². The molecule has 0 spiro atoms. The summed E-state index contributed by atoms with van der Waals surface area (Å²) in [5.74, 6) is -46.4. The number of aromatic amines is 2. The standard InChI is InChI=1S/C84H62F16N6O18S4/c1-29(107)115-27-47-73(117-31(3)109)75(119-33(5)111)77(121-35(7)113)83(123-47)127-81-69(97)61(89)55(62(90)70(81)98)51-43-15-11-39(101-43)49(53-57(85)65(93)79(66(94)58(53)86)125-37-19-23-105(9)24-20-37)41-13-17-45(103-41)52(46-18-14-42(104-46)50(40-12-16-44(51)102-40)54-59(87)67(95)80(68(96)60(54)88)126-38-21-25-106(10)26-22-38)56-63(91)71(99)82(72(100)64(56)92)128-84-78(122-36(8)114)76(120-34(6)112)74(118-32(4)110)48(124-84)28-116-30(2)108/h11-26,47-48,73-78,83-84,101,104H,27-28H2,1-10H3/q+2/t47-,48-,73-,74-,75+,76+,77-,78-,83+,84+/m1/s1. The maximum atomic E-state index is 18.2. The third kappa shape index (κ3) is 18.7. The van der Waals surface area contributed by atoms with E-state index >= 15 is 70.2 Å². The molecule has 0 saturated carbocycles. The summed E-state index contributed by atoms with van der Waals surface area (Å²) < 4.78 is 341. The van der Waals surface area contributed by atoms with Crippen LogP contribution in [-0.4, -0.2) is 141 Å². The zero-order valence-electron chi connectivity index (χ0n) is 67.2. The van der Waals surface area contributed by atoms with Crippen molar-refractivity contribution in [1.82, 2.24) is 19.9 Å². The fourth-order valence-corrected chi connectivity index (χ4v) is 18.1. The van der Waals surface area contributed by atoms with Crippen molar-refractivity contribution >= 4 is 141 Å². The van der Waals surface area contributed by atoms with Crippen molar-refractivity contribution in [3.63, 3.8) is 0 Å². The van der Waals surface area contributed by atoms with Gasteiger partial charge < -0.3 is 57.3 Å². The highest BCUT2D eigenvalue weighted by Gasteiger charge is 2.55. The quantitative estimate of drug-likeness (QED) is 0.0209. The van der Waals surface area contributed by atoms with Gasteiger partial charge in [0.2, 0.25) is 0 Å². The van der Waals surface area contributed by atoms with Crippen molar-refractivity contribution in [2.75, 3.05) is 13.2 Å². The SMILES string of the molecule is CC(=O)OC[C@H]1O[C@@H](Sc2c(F)c(F)c(-c3c4nc(c(-c5c(F)c(F)c(Sc6cc[n+](C)cc6)c(F)c5F)c5ccc([nH]5)c(-c5c(F)c(F)c(S[C@@H]6O[C@H](COC(C)=O)[C@@H](OC(C)=O)[C@H](OC(C)=O)[C@H]6OC(C)=O)c(F)c5F)c5nc(c(-c6c(F)c(F)c(Sc7cc[n+](C)cc7)c(F)c6F)c6ccc3[nH]6)C=C5)C=C4)c(F)c2F)[C@H](OC(C)=O)[C@@H](OC(C)=O)[C@@H]1OC(C)=O. The number of pyridine rings is 2. The molecule has 10 atom stereocenters. The summed E-state index contributed by atoms with van der Waals surface area (Å²) in [6.45, 7) is 4.83. The third-order valence-corrected chi connectivity index (χ3v) is 23.9. The molecule has 4 aliphatic heterocycles. The normalized spacial score (nSPS) is 18.9. The number of halogens is 16. The Morgan fingerprint density at radius 3 is 0.773 bits per heavy atom. The minimum absolute atomic E-state index is 0.0204.